The maximum absolute atomic E-state index is 16.0. The van der Waals surface area contributed by atoms with E-state index in [4.69, 9.17) is 32.8 Å². The number of ether oxygens (including phenoxy) is 6. The molecule has 2 saturated heterocycles. The van der Waals surface area contributed by atoms with Crippen LogP contribution in [0.1, 0.15) is 96.8 Å². The van der Waals surface area contributed by atoms with E-state index >= 15 is 4.79 Å². The lowest BCUT2D eigenvalue weighted by molar-refractivity contribution is -0.346. The number of benzene rings is 1. The Labute approximate surface area is 389 Å². The van der Waals surface area contributed by atoms with Crippen molar-refractivity contribution < 1.29 is 72.1 Å². The van der Waals surface area contributed by atoms with E-state index in [1.54, 1.807) is 66.7 Å². The normalized spacial score (nSPS) is 32.8. The number of carbonyl (C=O) groups excluding carboxylic acids is 5. The summed E-state index contributed by atoms with van der Waals surface area (Å²) >= 11 is 1.84. The number of hydrogen-bond donors (Lipinski definition) is 4. The molecule has 17 nitrogen and oxygen atoms in total. The number of alkyl carbamates (subject to hydrolysis) is 1. The maximum Gasteiger partial charge on any atom is 0.408 e. The molecule has 7 rings (SSSR count). The number of carbonyl (C=O) groups is 5. The smallest absolute Gasteiger partial charge is 0.408 e. The zero-order chi connectivity index (χ0) is 48.0. The van der Waals surface area contributed by atoms with Crippen LogP contribution in [0.25, 0.3) is 0 Å². The van der Waals surface area contributed by atoms with Crippen LogP contribution in [0.2, 0.25) is 0 Å². The minimum absolute atomic E-state index is 0.00698. The summed E-state index contributed by atoms with van der Waals surface area (Å²) in [4.78, 5) is 73.5. The minimum atomic E-state index is -2.31. The molecule has 2 aliphatic heterocycles. The summed E-state index contributed by atoms with van der Waals surface area (Å²) in [6, 6.07) is 9.49. The van der Waals surface area contributed by atoms with E-state index in [0.29, 0.717) is 12.1 Å². The quantitative estimate of drug-likeness (QED) is 0.125. The molecule has 18 heteroatoms. The molecule has 4 fully saturated rings. The number of rotatable bonds is 13. The highest BCUT2D eigenvalue weighted by Gasteiger charge is 2.78. The Morgan fingerprint density at radius 2 is 1.73 bits per heavy atom. The van der Waals surface area contributed by atoms with Crippen LogP contribution in [0.5, 0.6) is 0 Å². The van der Waals surface area contributed by atoms with E-state index in [9.17, 15) is 34.5 Å². The van der Waals surface area contributed by atoms with Gasteiger partial charge < -0.3 is 53.5 Å². The number of amides is 1. The van der Waals surface area contributed by atoms with Gasteiger partial charge in [0.2, 0.25) is 0 Å². The maximum atomic E-state index is 16.0. The van der Waals surface area contributed by atoms with E-state index in [2.05, 4.69) is 10.2 Å². The first-order chi connectivity index (χ1) is 31.1. The Bertz CT molecular complexity index is 2150. The molecule has 0 spiro atoms. The molecule has 2 bridgehead atoms. The van der Waals surface area contributed by atoms with Crippen LogP contribution in [0, 0.1) is 16.7 Å². The number of hydrogen-bond acceptors (Lipinski definition) is 17. The van der Waals surface area contributed by atoms with Gasteiger partial charge in [0.25, 0.3) is 0 Å². The molecule has 1 aromatic heterocycles. The Hall–Kier alpha value is -4.30. The largest absolute Gasteiger partial charge is 0.467 e. The van der Waals surface area contributed by atoms with Crippen LogP contribution >= 0.6 is 11.8 Å². The number of esters is 3. The van der Waals surface area contributed by atoms with E-state index in [0.717, 1.165) is 24.6 Å². The molecule has 362 valence electrons. The number of Topliss-reactive ketones (excluding diaryl/α,β-unsaturated/α-hetero) is 1. The van der Waals surface area contributed by atoms with Crippen LogP contribution in [-0.2, 0) is 42.8 Å². The van der Waals surface area contributed by atoms with Gasteiger partial charge in [0, 0.05) is 55.8 Å². The molecule has 66 heavy (non-hydrogen) atoms. The summed E-state index contributed by atoms with van der Waals surface area (Å²) in [6.07, 6.45) is -9.51. The van der Waals surface area contributed by atoms with Crippen LogP contribution in [0.4, 0.5) is 4.79 Å². The zero-order valence-electron chi connectivity index (χ0n) is 38.9. The second-order valence-corrected chi connectivity index (χ2v) is 20.9. The van der Waals surface area contributed by atoms with E-state index < -0.39 is 112 Å². The van der Waals surface area contributed by atoms with Gasteiger partial charge in [0.15, 0.2) is 17.5 Å². The summed E-state index contributed by atoms with van der Waals surface area (Å²) in [7, 11) is 0. The van der Waals surface area contributed by atoms with Crippen molar-refractivity contribution in [3.63, 3.8) is 0 Å². The highest BCUT2D eigenvalue weighted by atomic mass is 32.2. The van der Waals surface area contributed by atoms with Gasteiger partial charge in [0.05, 0.1) is 42.5 Å². The van der Waals surface area contributed by atoms with Crippen LogP contribution in [0.3, 0.4) is 0 Å². The average Bonchev–Trinajstić information content (AvgIpc) is 3.81. The topological polar surface area (TPSA) is 230 Å². The molecular weight excluding hydrogens is 877 g/mol. The number of thioether (sulfide) groups is 1. The van der Waals surface area contributed by atoms with Crippen molar-refractivity contribution in [3.8, 4) is 0 Å². The number of ketones is 1. The van der Waals surface area contributed by atoms with Crippen LogP contribution in [0.15, 0.2) is 64.3 Å². The summed E-state index contributed by atoms with van der Waals surface area (Å²) in [5.74, 6) is -2.98. The van der Waals surface area contributed by atoms with Gasteiger partial charge in [-0.25, -0.2) is 14.4 Å². The molecule has 0 unspecified atom stereocenters. The van der Waals surface area contributed by atoms with Crippen molar-refractivity contribution in [3.05, 3.63) is 71.2 Å². The zero-order valence-corrected chi connectivity index (χ0v) is 39.7. The second kappa shape index (κ2) is 19.0. The Morgan fingerprint density at radius 1 is 1.03 bits per heavy atom. The molecule has 2 aromatic rings. The predicted molar refractivity (Wildman–Crippen MR) is 238 cm³/mol. The van der Waals surface area contributed by atoms with Gasteiger partial charge in [-0.15, -0.1) is 0 Å². The van der Waals surface area contributed by atoms with Crippen LogP contribution < -0.4 is 5.32 Å². The molecule has 0 radical (unpaired) electrons. The molecule has 2 saturated carbocycles. The number of nitrogens with one attached hydrogen (secondary N) is 1. The molecule has 3 aliphatic carbocycles. The average molecular weight is 941 g/mol. The minimum Gasteiger partial charge on any atom is -0.467 e. The van der Waals surface area contributed by atoms with Crippen molar-refractivity contribution in [2.24, 2.45) is 16.7 Å². The summed E-state index contributed by atoms with van der Waals surface area (Å²) in [6.45, 7) is 15.0. The lowest BCUT2D eigenvalue weighted by atomic mass is 9.44. The third-order valence-corrected chi connectivity index (χ3v) is 15.2. The lowest BCUT2D eigenvalue weighted by Crippen LogP contribution is -2.82. The number of nitrogens with zero attached hydrogens (tertiary/aromatic N) is 1. The third kappa shape index (κ3) is 9.06. The highest BCUT2D eigenvalue weighted by Crippen LogP contribution is 2.64. The van der Waals surface area contributed by atoms with Gasteiger partial charge in [-0.3, -0.25) is 14.5 Å². The van der Waals surface area contributed by atoms with Crippen molar-refractivity contribution in [1.82, 2.24) is 10.2 Å². The highest BCUT2D eigenvalue weighted by molar-refractivity contribution is 7.99. The van der Waals surface area contributed by atoms with Crippen molar-refractivity contribution >= 4 is 41.5 Å². The Balaban J connectivity index is 1.38. The number of aliphatic hydroxyl groups excluding tert-OH is 2. The summed E-state index contributed by atoms with van der Waals surface area (Å²) in [5.41, 5.74) is -7.75. The fourth-order valence-electron chi connectivity index (χ4n) is 10.6. The van der Waals surface area contributed by atoms with E-state index in [-0.39, 0.29) is 43.0 Å². The fraction of sp³-hybridized carbons (Fsp3) is 0.646. The van der Waals surface area contributed by atoms with Crippen LogP contribution in [-0.4, -0.2) is 148 Å². The first-order valence-corrected chi connectivity index (χ1v) is 23.8. The number of fused-ring (bicyclic) bond motifs is 5. The summed E-state index contributed by atoms with van der Waals surface area (Å²) in [5, 5.41) is 40.5. The Morgan fingerprint density at radius 3 is 2.33 bits per heavy atom. The lowest BCUT2D eigenvalue weighted by Gasteiger charge is -2.67. The molecular formula is C48H64N2O15S. The van der Waals surface area contributed by atoms with Crippen molar-refractivity contribution in [1.29, 1.82) is 0 Å². The first-order valence-electron chi connectivity index (χ1n) is 22.7. The van der Waals surface area contributed by atoms with Gasteiger partial charge in [-0.05, 0) is 70.0 Å². The predicted octanol–water partition coefficient (Wildman–Crippen LogP) is 4.32. The molecule has 3 heterocycles. The molecule has 1 amide bonds. The molecule has 4 N–H and O–H groups in total. The van der Waals surface area contributed by atoms with Gasteiger partial charge >= 0.3 is 24.0 Å². The summed E-state index contributed by atoms with van der Waals surface area (Å²) < 4.78 is 42.7. The van der Waals surface area contributed by atoms with Gasteiger partial charge in [-0.2, -0.15) is 11.8 Å². The van der Waals surface area contributed by atoms with E-state index in [1.165, 1.54) is 37.5 Å². The number of aliphatic hydroxyl groups is 3. The standard InChI is InChI=1S/C48H64N2O15S/c1-9-33(52)64-47-26-61-32(47)24-31(51)46(8)38(47)40(63-41(55)28-14-11-10-12-15-28)48(58)25-30(62-42(56)36(53)35(29-16-13-20-59-29)49-43(57)65-44(3,4)5)27(2)34(45(48,6)7)37(39(46)54)60-21-17-50-18-22-66-23-19-50/h10-16,20,30-32,35-38,40,51,53,58H,9,17-19,21-26H2,1-8H3,(H,49,57)/t30-,31-,32+,35-,36+,37+,38-,40-,46+,47-,48+/m0/s1. The molecule has 5 aliphatic rings. The second-order valence-electron chi connectivity index (χ2n) is 19.7. The van der Waals surface area contributed by atoms with E-state index in [1.807, 2.05) is 11.8 Å². The molecule has 11 atom stereocenters. The monoisotopic (exact) mass is 940 g/mol. The third-order valence-electron chi connectivity index (χ3n) is 14.3. The molecule has 1 aromatic carbocycles. The first kappa shape index (κ1) is 49.6. The number of furan rings is 1. The Kier molecular flexibility index (Phi) is 14.3. The van der Waals surface area contributed by atoms with Gasteiger partial charge in [-0.1, -0.05) is 39.0 Å². The van der Waals surface area contributed by atoms with Gasteiger partial charge in [0.1, 0.15) is 47.4 Å². The van der Waals surface area contributed by atoms with Crippen molar-refractivity contribution in [2.45, 2.75) is 134 Å². The van der Waals surface area contributed by atoms with Crippen molar-refractivity contribution in [2.75, 3.05) is 44.4 Å². The SMILES string of the molecule is CCC(=O)O[C@@]12CO[C@@H]1C[C@H](O)[C@@]1(C)C(=O)[C@H](OCCN3CCSCC3)C3=C(C)[C@@H](OC(=O)[C@H](O)[C@@H](NC(=O)OC(C)(C)C)c4ccco4)C[C@@](O)([C@@H](OC(=O)c4ccccc4)[C@H]21)C3(C)C. The fourth-order valence-corrected chi connectivity index (χ4v) is 11.6.